The molecule has 1 aromatic heterocycles. The van der Waals surface area contributed by atoms with Crippen LogP contribution < -0.4 is 11.5 Å². The molecule has 0 aliphatic heterocycles. The van der Waals surface area contributed by atoms with Crippen LogP contribution in [0.25, 0.3) is 16.7 Å². The van der Waals surface area contributed by atoms with Crippen LogP contribution in [0.3, 0.4) is 0 Å². The van der Waals surface area contributed by atoms with E-state index >= 15 is 0 Å². The highest BCUT2D eigenvalue weighted by atomic mass is 16.1. The van der Waals surface area contributed by atoms with Crippen LogP contribution in [0.15, 0.2) is 55.0 Å². The van der Waals surface area contributed by atoms with E-state index in [1.54, 1.807) is 12.4 Å². The Labute approximate surface area is 105 Å². The maximum Gasteiger partial charge on any atom is 0.250 e. The lowest BCUT2D eigenvalue weighted by atomic mass is 10.0. The normalized spacial score (nSPS) is 11.2. The molecule has 0 radical (unpaired) electrons. The van der Waals surface area contributed by atoms with Gasteiger partial charge >= 0.3 is 0 Å². The van der Waals surface area contributed by atoms with Crippen molar-refractivity contribution in [3.63, 3.8) is 0 Å². The van der Waals surface area contributed by atoms with E-state index in [0.29, 0.717) is 11.1 Å². The van der Waals surface area contributed by atoms with Crippen LogP contribution in [0.1, 0.15) is 5.56 Å². The fourth-order valence-electron chi connectivity index (χ4n) is 1.70. The Morgan fingerprint density at radius 2 is 1.83 bits per heavy atom. The third kappa shape index (κ3) is 2.38. The molecule has 18 heavy (non-hydrogen) atoms. The molecule has 0 bridgehead atoms. The van der Waals surface area contributed by atoms with Gasteiger partial charge in [-0.2, -0.15) is 0 Å². The van der Waals surface area contributed by atoms with Crippen LogP contribution in [0, 0.1) is 0 Å². The molecule has 2 rings (SSSR count). The van der Waals surface area contributed by atoms with E-state index in [9.17, 15) is 4.79 Å². The number of nitrogens with zero attached hydrogens (tertiary/aromatic N) is 1. The van der Waals surface area contributed by atoms with Crippen molar-refractivity contribution in [1.82, 2.24) is 4.98 Å². The summed E-state index contributed by atoms with van der Waals surface area (Å²) < 4.78 is 0. The largest absolute Gasteiger partial charge is 0.404 e. The first-order valence-electron chi connectivity index (χ1n) is 5.45. The van der Waals surface area contributed by atoms with Crippen LogP contribution in [-0.2, 0) is 4.79 Å². The summed E-state index contributed by atoms with van der Waals surface area (Å²) in [5, 5.41) is 0. The summed E-state index contributed by atoms with van der Waals surface area (Å²) in [7, 11) is 0. The molecule has 2 aromatic rings. The zero-order valence-electron chi connectivity index (χ0n) is 9.71. The number of benzene rings is 1. The van der Waals surface area contributed by atoms with Crippen molar-refractivity contribution in [2.45, 2.75) is 0 Å². The van der Waals surface area contributed by atoms with Crippen LogP contribution in [-0.4, -0.2) is 10.9 Å². The minimum atomic E-state index is -0.536. The van der Waals surface area contributed by atoms with E-state index < -0.39 is 5.91 Å². The molecule has 4 N–H and O–H groups in total. The third-order valence-electron chi connectivity index (χ3n) is 2.62. The van der Waals surface area contributed by atoms with Gasteiger partial charge in [0.2, 0.25) is 0 Å². The summed E-state index contributed by atoms with van der Waals surface area (Å²) in [5.74, 6) is -0.536. The van der Waals surface area contributed by atoms with Gasteiger partial charge in [-0.3, -0.25) is 9.78 Å². The average Bonchev–Trinajstić information content (AvgIpc) is 2.41. The second-order valence-electron chi connectivity index (χ2n) is 3.76. The van der Waals surface area contributed by atoms with E-state index in [4.69, 9.17) is 11.5 Å². The number of carbonyl (C=O) groups is 1. The Hall–Kier alpha value is -2.62. The van der Waals surface area contributed by atoms with Crippen molar-refractivity contribution >= 4 is 11.5 Å². The summed E-state index contributed by atoms with van der Waals surface area (Å²) in [6, 6.07) is 11.3. The van der Waals surface area contributed by atoms with Crippen LogP contribution >= 0.6 is 0 Å². The maximum absolute atomic E-state index is 11.1. The number of nitrogens with two attached hydrogens (primary N) is 2. The number of pyridine rings is 1. The third-order valence-corrected chi connectivity index (χ3v) is 2.62. The molecule has 1 amide bonds. The van der Waals surface area contributed by atoms with Crippen molar-refractivity contribution in [2.24, 2.45) is 11.5 Å². The maximum atomic E-state index is 11.1. The summed E-state index contributed by atoms with van der Waals surface area (Å²) >= 11 is 0. The van der Waals surface area contributed by atoms with Gasteiger partial charge in [-0.1, -0.05) is 30.3 Å². The highest BCUT2D eigenvalue weighted by molar-refractivity contribution is 6.18. The van der Waals surface area contributed by atoms with Crippen LogP contribution in [0.5, 0.6) is 0 Å². The minimum Gasteiger partial charge on any atom is -0.404 e. The van der Waals surface area contributed by atoms with E-state index in [1.165, 1.54) is 6.20 Å². The fraction of sp³-hybridized carbons (Fsp3) is 0. The molecular formula is C14H13N3O. The number of primary amides is 1. The number of amides is 1. The zero-order valence-corrected chi connectivity index (χ0v) is 9.71. The molecule has 0 atom stereocenters. The van der Waals surface area contributed by atoms with Crippen LogP contribution in [0.2, 0.25) is 0 Å². The predicted molar refractivity (Wildman–Crippen MR) is 71.0 cm³/mol. The first-order valence-corrected chi connectivity index (χ1v) is 5.45. The van der Waals surface area contributed by atoms with Crippen molar-refractivity contribution < 1.29 is 4.79 Å². The summed E-state index contributed by atoms with van der Waals surface area (Å²) in [6.45, 7) is 0. The second kappa shape index (κ2) is 5.14. The highest BCUT2D eigenvalue weighted by Crippen LogP contribution is 2.21. The van der Waals surface area contributed by atoms with Gasteiger partial charge in [0.25, 0.3) is 5.91 Å². The summed E-state index contributed by atoms with van der Waals surface area (Å²) in [6.07, 6.45) is 4.73. The average molecular weight is 239 g/mol. The molecule has 1 heterocycles. The highest BCUT2D eigenvalue weighted by Gasteiger charge is 2.07. The first kappa shape index (κ1) is 11.9. The van der Waals surface area contributed by atoms with Gasteiger partial charge in [0.1, 0.15) is 0 Å². The monoisotopic (exact) mass is 239 g/mol. The van der Waals surface area contributed by atoms with Gasteiger partial charge in [0.15, 0.2) is 0 Å². The topological polar surface area (TPSA) is 82.0 Å². The first-order chi connectivity index (χ1) is 8.72. The molecule has 4 nitrogen and oxygen atoms in total. The smallest absolute Gasteiger partial charge is 0.250 e. The van der Waals surface area contributed by atoms with E-state index in [1.807, 2.05) is 36.4 Å². The summed E-state index contributed by atoms with van der Waals surface area (Å²) in [5.41, 5.74) is 13.7. The van der Waals surface area contributed by atoms with Crippen molar-refractivity contribution in [3.8, 4) is 11.1 Å². The lowest BCUT2D eigenvalue weighted by Gasteiger charge is -2.05. The number of carbonyl (C=O) groups excluding carboxylic acids is 1. The van der Waals surface area contributed by atoms with Crippen molar-refractivity contribution in [1.29, 1.82) is 0 Å². The predicted octanol–water partition coefficient (Wildman–Crippen LogP) is 1.53. The van der Waals surface area contributed by atoms with Gasteiger partial charge in [0, 0.05) is 18.6 Å². The Bertz CT molecular complexity index is 574. The molecule has 0 spiro atoms. The Balaban J connectivity index is 2.34. The van der Waals surface area contributed by atoms with Gasteiger partial charge in [-0.05, 0) is 22.8 Å². The Morgan fingerprint density at radius 3 is 2.33 bits per heavy atom. The standard InChI is InChI=1S/C14H13N3O/c15-8-13(14(16)18)11-5-3-10(4-6-11)12-2-1-7-17-9-12/h1-9H,15H2,(H2,16,18)/b13-8+. The number of hydrogen-bond acceptors (Lipinski definition) is 3. The molecule has 0 unspecified atom stereocenters. The van der Waals surface area contributed by atoms with Gasteiger partial charge in [-0.15, -0.1) is 0 Å². The van der Waals surface area contributed by atoms with E-state index in [2.05, 4.69) is 4.98 Å². The van der Waals surface area contributed by atoms with Gasteiger partial charge in [0.05, 0.1) is 5.57 Å². The van der Waals surface area contributed by atoms with Gasteiger partial charge in [-0.25, -0.2) is 0 Å². The zero-order chi connectivity index (χ0) is 13.0. The minimum absolute atomic E-state index is 0.313. The molecule has 0 saturated heterocycles. The van der Waals surface area contributed by atoms with Crippen molar-refractivity contribution in [2.75, 3.05) is 0 Å². The number of hydrogen-bond donors (Lipinski definition) is 2. The lowest BCUT2D eigenvalue weighted by molar-refractivity contribution is -0.112. The number of rotatable bonds is 3. The summed E-state index contributed by atoms with van der Waals surface area (Å²) in [4.78, 5) is 15.2. The van der Waals surface area contributed by atoms with E-state index in [0.717, 1.165) is 11.1 Å². The van der Waals surface area contributed by atoms with Gasteiger partial charge < -0.3 is 11.5 Å². The molecule has 0 saturated carbocycles. The second-order valence-corrected chi connectivity index (χ2v) is 3.76. The quantitative estimate of drug-likeness (QED) is 0.797. The Kier molecular flexibility index (Phi) is 3.38. The Morgan fingerprint density at radius 1 is 1.11 bits per heavy atom. The SMILES string of the molecule is N/C=C(/C(N)=O)c1ccc(-c2cccnc2)cc1. The molecule has 0 aliphatic rings. The van der Waals surface area contributed by atoms with Crippen LogP contribution in [0.4, 0.5) is 0 Å². The van der Waals surface area contributed by atoms with E-state index in [-0.39, 0.29) is 0 Å². The number of aromatic nitrogens is 1. The molecule has 4 heteroatoms. The lowest BCUT2D eigenvalue weighted by Crippen LogP contribution is -2.14. The van der Waals surface area contributed by atoms with Crippen molar-refractivity contribution in [3.05, 3.63) is 60.6 Å². The molecular weight excluding hydrogens is 226 g/mol. The molecule has 90 valence electrons. The fourth-order valence-corrected chi connectivity index (χ4v) is 1.70. The molecule has 1 aromatic carbocycles. The molecule has 0 aliphatic carbocycles. The molecule has 0 fully saturated rings.